The average Bonchev–Trinajstić information content (AvgIpc) is 2.56. The van der Waals surface area contributed by atoms with Crippen LogP contribution >= 0.6 is 0 Å². The number of ether oxygens (including phenoxy) is 1. The molecule has 1 aromatic carbocycles. The highest BCUT2D eigenvalue weighted by molar-refractivity contribution is 5.33. The van der Waals surface area contributed by atoms with Crippen molar-refractivity contribution in [3.8, 4) is 5.75 Å². The Morgan fingerprint density at radius 1 is 1.33 bits per heavy atom. The van der Waals surface area contributed by atoms with E-state index in [4.69, 9.17) is 4.74 Å². The molecular weight excluding hydrogens is 226 g/mol. The molecule has 0 bridgehead atoms. The molecule has 1 aromatic rings. The summed E-state index contributed by atoms with van der Waals surface area (Å²) in [4.78, 5) is 2.44. The predicted molar refractivity (Wildman–Crippen MR) is 72.7 cm³/mol. The molecule has 0 radical (unpaired) electrons. The van der Waals surface area contributed by atoms with Crippen molar-refractivity contribution in [2.75, 3.05) is 19.7 Å². The predicted octanol–water partition coefficient (Wildman–Crippen LogP) is 2.43. The van der Waals surface area contributed by atoms with Crippen LogP contribution in [0.2, 0.25) is 0 Å². The SMILES string of the molecule is CC(O)CCCCN1CCOc2ccccc2C1. The molecule has 100 valence electrons. The Kier molecular flexibility index (Phi) is 5.02. The van der Waals surface area contributed by atoms with Gasteiger partial charge in [-0.25, -0.2) is 0 Å². The van der Waals surface area contributed by atoms with E-state index in [1.807, 2.05) is 19.1 Å². The first-order valence-corrected chi connectivity index (χ1v) is 6.87. The number of hydrogen-bond donors (Lipinski definition) is 1. The highest BCUT2D eigenvalue weighted by atomic mass is 16.5. The summed E-state index contributed by atoms with van der Waals surface area (Å²) in [5, 5.41) is 9.23. The maximum absolute atomic E-state index is 9.23. The normalized spacial score (nSPS) is 17.7. The quantitative estimate of drug-likeness (QED) is 0.814. The minimum Gasteiger partial charge on any atom is -0.492 e. The van der Waals surface area contributed by atoms with E-state index in [-0.39, 0.29) is 6.10 Å². The van der Waals surface area contributed by atoms with Gasteiger partial charge in [-0.1, -0.05) is 18.2 Å². The van der Waals surface area contributed by atoms with E-state index >= 15 is 0 Å². The molecule has 0 amide bonds. The highest BCUT2D eigenvalue weighted by Crippen LogP contribution is 2.22. The standard InChI is InChI=1S/C15H23NO2/c1-13(17)6-4-5-9-16-10-11-18-15-8-3-2-7-14(15)12-16/h2-3,7-8,13,17H,4-6,9-12H2,1H3. The molecule has 18 heavy (non-hydrogen) atoms. The van der Waals surface area contributed by atoms with Crippen LogP contribution in [0, 0.1) is 0 Å². The highest BCUT2D eigenvalue weighted by Gasteiger charge is 2.14. The van der Waals surface area contributed by atoms with Gasteiger partial charge in [0.1, 0.15) is 12.4 Å². The zero-order valence-corrected chi connectivity index (χ0v) is 11.1. The average molecular weight is 249 g/mol. The van der Waals surface area contributed by atoms with E-state index < -0.39 is 0 Å². The fourth-order valence-electron chi connectivity index (χ4n) is 2.35. The summed E-state index contributed by atoms with van der Waals surface area (Å²) in [6.07, 6.45) is 2.98. The molecule has 0 spiro atoms. The molecule has 0 saturated carbocycles. The molecule has 0 aliphatic carbocycles. The molecule has 2 rings (SSSR count). The number of rotatable bonds is 5. The molecule has 1 N–H and O–H groups in total. The second-order valence-corrected chi connectivity index (χ2v) is 5.08. The molecular formula is C15H23NO2. The van der Waals surface area contributed by atoms with Crippen LogP contribution in [-0.2, 0) is 6.54 Å². The molecule has 3 heteroatoms. The third-order valence-corrected chi connectivity index (χ3v) is 3.38. The van der Waals surface area contributed by atoms with E-state index in [9.17, 15) is 5.11 Å². The van der Waals surface area contributed by atoms with Crippen molar-refractivity contribution in [1.82, 2.24) is 4.90 Å². The van der Waals surface area contributed by atoms with Gasteiger partial charge in [0.2, 0.25) is 0 Å². The van der Waals surface area contributed by atoms with E-state index in [1.165, 1.54) is 5.56 Å². The first kappa shape index (κ1) is 13.4. The van der Waals surface area contributed by atoms with Crippen LogP contribution in [0.3, 0.4) is 0 Å². The zero-order chi connectivity index (χ0) is 12.8. The summed E-state index contributed by atoms with van der Waals surface area (Å²) < 4.78 is 5.74. The lowest BCUT2D eigenvalue weighted by molar-refractivity contribution is 0.174. The number of fused-ring (bicyclic) bond motifs is 1. The number of aliphatic hydroxyl groups is 1. The van der Waals surface area contributed by atoms with Crippen molar-refractivity contribution < 1.29 is 9.84 Å². The van der Waals surface area contributed by atoms with Gasteiger partial charge in [-0.3, -0.25) is 4.90 Å². The van der Waals surface area contributed by atoms with Crippen molar-refractivity contribution >= 4 is 0 Å². The van der Waals surface area contributed by atoms with Crippen molar-refractivity contribution in [2.45, 2.75) is 38.8 Å². The van der Waals surface area contributed by atoms with Gasteiger partial charge in [-0.05, 0) is 38.8 Å². The summed E-state index contributed by atoms with van der Waals surface area (Å²) in [6.45, 7) is 5.68. The number of hydrogen-bond acceptors (Lipinski definition) is 3. The second-order valence-electron chi connectivity index (χ2n) is 5.08. The Hall–Kier alpha value is -1.06. The molecule has 0 aromatic heterocycles. The lowest BCUT2D eigenvalue weighted by Gasteiger charge is -2.19. The third-order valence-electron chi connectivity index (χ3n) is 3.38. The second kappa shape index (κ2) is 6.76. The van der Waals surface area contributed by atoms with Gasteiger partial charge in [-0.15, -0.1) is 0 Å². The fourth-order valence-corrected chi connectivity index (χ4v) is 2.35. The Balaban J connectivity index is 1.81. The van der Waals surface area contributed by atoms with Crippen molar-refractivity contribution in [3.63, 3.8) is 0 Å². The van der Waals surface area contributed by atoms with Gasteiger partial charge in [0.25, 0.3) is 0 Å². The lowest BCUT2D eigenvalue weighted by atomic mass is 10.1. The Labute approximate surface area is 109 Å². The monoisotopic (exact) mass is 249 g/mol. The van der Waals surface area contributed by atoms with Gasteiger partial charge in [0.15, 0.2) is 0 Å². The Morgan fingerprint density at radius 2 is 2.17 bits per heavy atom. The number of benzene rings is 1. The number of nitrogens with zero attached hydrogens (tertiary/aromatic N) is 1. The Bertz CT molecular complexity index is 365. The van der Waals surface area contributed by atoms with Crippen LogP contribution in [0.25, 0.3) is 0 Å². The van der Waals surface area contributed by atoms with Crippen molar-refractivity contribution in [2.24, 2.45) is 0 Å². The summed E-state index contributed by atoms with van der Waals surface area (Å²) in [5.74, 6) is 1.03. The molecule has 1 unspecified atom stereocenters. The molecule has 1 heterocycles. The van der Waals surface area contributed by atoms with E-state index in [0.717, 1.165) is 51.3 Å². The largest absolute Gasteiger partial charge is 0.492 e. The van der Waals surface area contributed by atoms with Gasteiger partial charge in [0.05, 0.1) is 6.10 Å². The van der Waals surface area contributed by atoms with Crippen molar-refractivity contribution in [1.29, 1.82) is 0 Å². The summed E-state index contributed by atoms with van der Waals surface area (Å²) in [6, 6.07) is 8.28. The van der Waals surface area contributed by atoms with Gasteiger partial charge in [-0.2, -0.15) is 0 Å². The summed E-state index contributed by atoms with van der Waals surface area (Å²) >= 11 is 0. The minimum atomic E-state index is -0.168. The van der Waals surface area contributed by atoms with Gasteiger partial charge < -0.3 is 9.84 Å². The zero-order valence-electron chi connectivity index (χ0n) is 11.1. The number of aliphatic hydroxyl groups excluding tert-OH is 1. The van der Waals surface area contributed by atoms with Gasteiger partial charge >= 0.3 is 0 Å². The minimum absolute atomic E-state index is 0.168. The lowest BCUT2D eigenvalue weighted by Crippen LogP contribution is -2.26. The first-order valence-electron chi connectivity index (χ1n) is 6.87. The molecule has 0 fully saturated rings. The van der Waals surface area contributed by atoms with Crippen LogP contribution in [-0.4, -0.2) is 35.8 Å². The van der Waals surface area contributed by atoms with Crippen LogP contribution in [0.5, 0.6) is 5.75 Å². The van der Waals surface area contributed by atoms with Crippen LogP contribution in [0.15, 0.2) is 24.3 Å². The Morgan fingerprint density at radius 3 is 3.00 bits per heavy atom. The van der Waals surface area contributed by atoms with E-state index in [2.05, 4.69) is 17.0 Å². The van der Waals surface area contributed by atoms with E-state index in [0.29, 0.717) is 0 Å². The number of unbranched alkanes of at least 4 members (excludes halogenated alkanes) is 1. The summed E-state index contributed by atoms with van der Waals surface area (Å²) in [5.41, 5.74) is 1.28. The molecule has 1 atom stereocenters. The fraction of sp³-hybridized carbons (Fsp3) is 0.600. The molecule has 0 saturated heterocycles. The maximum atomic E-state index is 9.23. The third kappa shape index (κ3) is 4.00. The van der Waals surface area contributed by atoms with E-state index in [1.54, 1.807) is 0 Å². The van der Waals surface area contributed by atoms with Crippen molar-refractivity contribution in [3.05, 3.63) is 29.8 Å². The first-order chi connectivity index (χ1) is 8.75. The number of para-hydroxylation sites is 1. The maximum Gasteiger partial charge on any atom is 0.123 e. The smallest absolute Gasteiger partial charge is 0.123 e. The van der Waals surface area contributed by atoms with Crippen LogP contribution < -0.4 is 4.74 Å². The van der Waals surface area contributed by atoms with Gasteiger partial charge in [0, 0.05) is 18.7 Å². The molecule has 1 aliphatic heterocycles. The van der Waals surface area contributed by atoms with Crippen LogP contribution in [0.1, 0.15) is 31.7 Å². The molecule has 1 aliphatic rings. The topological polar surface area (TPSA) is 32.7 Å². The molecule has 3 nitrogen and oxygen atoms in total. The van der Waals surface area contributed by atoms with Crippen LogP contribution in [0.4, 0.5) is 0 Å². The summed E-state index contributed by atoms with van der Waals surface area (Å²) in [7, 11) is 0.